The van der Waals surface area contributed by atoms with Crippen LogP contribution in [-0.2, 0) is 21.4 Å². The molecule has 0 atom stereocenters. The lowest BCUT2D eigenvalue weighted by Crippen LogP contribution is -2.49. The molecular formula is C27H24F2N4O4S. The normalized spacial score (nSPS) is 14.5. The van der Waals surface area contributed by atoms with Gasteiger partial charge in [-0.25, -0.2) is 17.2 Å². The van der Waals surface area contributed by atoms with Crippen molar-refractivity contribution in [1.29, 1.82) is 0 Å². The van der Waals surface area contributed by atoms with Crippen LogP contribution in [-0.4, -0.2) is 49.4 Å². The Balaban J connectivity index is 1.44. The first-order chi connectivity index (χ1) is 18.3. The molecule has 1 saturated heterocycles. The van der Waals surface area contributed by atoms with Crippen molar-refractivity contribution in [3.63, 3.8) is 0 Å². The Morgan fingerprint density at radius 1 is 0.816 bits per heavy atom. The number of rotatable bonds is 6. The fourth-order valence-corrected chi connectivity index (χ4v) is 6.19. The van der Waals surface area contributed by atoms with Crippen LogP contribution < -0.4 is 15.8 Å². The van der Waals surface area contributed by atoms with E-state index in [0.717, 1.165) is 10.8 Å². The quantitative estimate of drug-likeness (QED) is 0.406. The predicted molar refractivity (Wildman–Crippen MR) is 141 cm³/mol. The van der Waals surface area contributed by atoms with E-state index in [1.54, 1.807) is 47.4 Å². The number of hydrogen-bond donors (Lipinski definition) is 1. The van der Waals surface area contributed by atoms with Crippen molar-refractivity contribution in [1.82, 2.24) is 8.87 Å². The summed E-state index contributed by atoms with van der Waals surface area (Å²) in [4.78, 5) is 27.4. The highest BCUT2D eigenvalue weighted by Gasteiger charge is 2.31. The van der Waals surface area contributed by atoms with Gasteiger partial charge < -0.3 is 14.8 Å². The monoisotopic (exact) mass is 538 g/mol. The molecule has 196 valence electrons. The summed E-state index contributed by atoms with van der Waals surface area (Å²) in [6.07, 6.45) is 1.16. The molecule has 0 unspecified atom stereocenters. The zero-order chi connectivity index (χ0) is 26.9. The molecule has 5 rings (SSSR count). The highest BCUT2D eigenvalue weighted by Crippen LogP contribution is 2.27. The van der Waals surface area contributed by atoms with Gasteiger partial charge in [-0.2, -0.15) is 4.31 Å². The van der Waals surface area contributed by atoms with Gasteiger partial charge in [-0.3, -0.25) is 9.59 Å². The maximum Gasteiger partial charge on any atom is 0.258 e. The Hall–Kier alpha value is -4.09. The number of benzene rings is 3. The first kappa shape index (κ1) is 25.6. The highest BCUT2D eigenvalue weighted by atomic mass is 32.2. The topological polar surface area (TPSA) is 91.7 Å². The van der Waals surface area contributed by atoms with E-state index in [-0.39, 0.29) is 53.4 Å². The van der Waals surface area contributed by atoms with Crippen LogP contribution in [0.4, 0.5) is 20.2 Å². The number of piperazine rings is 1. The number of amides is 1. The Bertz CT molecular complexity index is 1680. The van der Waals surface area contributed by atoms with E-state index < -0.39 is 33.9 Å². The number of hydrogen-bond acceptors (Lipinski definition) is 5. The van der Waals surface area contributed by atoms with E-state index >= 15 is 0 Å². The number of aromatic nitrogens is 1. The summed E-state index contributed by atoms with van der Waals surface area (Å²) in [6, 6.07) is 18.2. The van der Waals surface area contributed by atoms with Gasteiger partial charge in [0.1, 0.15) is 23.1 Å². The molecule has 4 aromatic rings. The van der Waals surface area contributed by atoms with E-state index in [9.17, 15) is 26.8 Å². The first-order valence-corrected chi connectivity index (χ1v) is 13.4. The van der Waals surface area contributed by atoms with E-state index in [1.807, 2.05) is 0 Å². The first-order valence-electron chi connectivity index (χ1n) is 11.9. The molecule has 2 heterocycles. The molecular weight excluding hydrogens is 514 g/mol. The molecule has 0 saturated carbocycles. The van der Waals surface area contributed by atoms with Crippen LogP contribution in [0.15, 0.2) is 88.7 Å². The number of anilines is 2. The van der Waals surface area contributed by atoms with Gasteiger partial charge in [0.05, 0.1) is 11.4 Å². The summed E-state index contributed by atoms with van der Waals surface area (Å²) < 4.78 is 58.0. The van der Waals surface area contributed by atoms with Gasteiger partial charge in [0.15, 0.2) is 0 Å². The molecule has 1 N–H and O–H groups in total. The number of fused-ring (bicyclic) bond motifs is 1. The number of nitrogens with one attached hydrogen (secondary N) is 1. The molecule has 1 fully saturated rings. The van der Waals surface area contributed by atoms with Crippen molar-refractivity contribution in [2.75, 3.05) is 36.4 Å². The zero-order valence-corrected chi connectivity index (χ0v) is 21.0. The average molecular weight is 539 g/mol. The molecule has 1 aliphatic heterocycles. The number of pyridine rings is 1. The molecule has 1 amide bonds. The fraction of sp³-hybridized carbons (Fsp3) is 0.185. The second-order valence-electron chi connectivity index (χ2n) is 8.84. The minimum absolute atomic E-state index is 0.0492. The van der Waals surface area contributed by atoms with Gasteiger partial charge in [0.2, 0.25) is 15.9 Å². The molecule has 38 heavy (non-hydrogen) atoms. The van der Waals surface area contributed by atoms with Crippen LogP contribution in [0.2, 0.25) is 0 Å². The van der Waals surface area contributed by atoms with Crippen LogP contribution in [0.3, 0.4) is 0 Å². The number of carbonyl (C=O) groups is 1. The minimum Gasteiger partial charge on any atom is -0.367 e. The molecule has 0 bridgehead atoms. The summed E-state index contributed by atoms with van der Waals surface area (Å²) in [6.45, 7) is 0.267. The molecule has 0 spiro atoms. The lowest BCUT2D eigenvalue weighted by molar-refractivity contribution is -0.116. The lowest BCUT2D eigenvalue weighted by atomic mass is 10.2. The second kappa shape index (κ2) is 10.3. The zero-order valence-electron chi connectivity index (χ0n) is 20.2. The second-order valence-corrected chi connectivity index (χ2v) is 10.7. The van der Waals surface area contributed by atoms with Crippen molar-refractivity contribution < 1.29 is 22.0 Å². The van der Waals surface area contributed by atoms with E-state index in [1.165, 1.54) is 34.6 Å². The summed E-state index contributed by atoms with van der Waals surface area (Å²) in [5.74, 6) is -1.70. The summed E-state index contributed by atoms with van der Waals surface area (Å²) in [5.41, 5.74) is -0.191. The van der Waals surface area contributed by atoms with Crippen molar-refractivity contribution in [2.45, 2.75) is 11.4 Å². The molecule has 11 heteroatoms. The Labute approximate surface area is 217 Å². The standard InChI is InChI=1S/C27H24F2N4O4S/c28-21-9-3-5-11-23(21)30-26(34)18-32-17-25(19-7-1-2-8-20(19)27(32)35)38(36,37)33-15-13-31(14-16-33)24-12-6-4-10-22(24)29/h1-12,17H,13-16,18H2,(H,30,34). The summed E-state index contributed by atoms with van der Waals surface area (Å²) in [5, 5.41) is 2.78. The van der Waals surface area contributed by atoms with Crippen molar-refractivity contribution >= 4 is 38.1 Å². The van der Waals surface area contributed by atoms with E-state index in [2.05, 4.69) is 5.32 Å². The number of nitrogens with zero attached hydrogens (tertiary/aromatic N) is 3. The van der Waals surface area contributed by atoms with Crippen LogP contribution in [0.1, 0.15) is 0 Å². The van der Waals surface area contributed by atoms with Gasteiger partial charge >= 0.3 is 0 Å². The van der Waals surface area contributed by atoms with Crippen molar-refractivity contribution in [3.8, 4) is 0 Å². The molecule has 1 aliphatic rings. The maximum absolute atomic E-state index is 14.2. The SMILES string of the molecule is O=C(Cn1cc(S(=O)(=O)N2CCN(c3ccccc3F)CC2)c2ccccc2c1=O)Nc1ccccc1F. The molecule has 0 aliphatic carbocycles. The summed E-state index contributed by atoms with van der Waals surface area (Å²) in [7, 11) is -4.08. The Morgan fingerprint density at radius 2 is 1.42 bits per heavy atom. The van der Waals surface area contributed by atoms with Crippen molar-refractivity contribution in [2.24, 2.45) is 0 Å². The third-order valence-corrected chi connectivity index (χ3v) is 8.39. The van der Waals surface area contributed by atoms with Crippen LogP contribution >= 0.6 is 0 Å². The minimum atomic E-state index is -4.08. The maximum atomic E-state index is 14.2. The smallest absolute Gasteiger partial charge is 0.258 e. The number of para-hydroxylation sites is 2. The molecule has 8 nitrogen and oxygen atoms in total. The van der Waals surface area contributed by atoms with Crippen LogP contribution in [0.25, 0.3) is 10.8 Å². The van der Waals surface area contributed by atoms with E-state index in [4.69, 9.17) is 0 Å². The van der Waals surface area contributed by atoms with Gasteiger partial charge in [-0.15, -0.1) is 0 Å². The third kappa shape index (κ3) is 4.90. The average Bonchev–Trinajstić information content (AvgIpc) is 2.92. The largest absolute Gasteiger partial charge is 0.367 e. The van der Waals surface area contributed by atoms with Crippen LogP contribution in [0, 0.1) is 11.6 Å². The Kier molecular flexibility index (Phi) is 6.96. The van der Waals surface area contributed by atoms with Crippen molar-refractivity contribution in [3.05, 3.63) is 101 Å². The third-order valence-electron chi connectivity index (χ3n) is 6.47. The predicted octanol–water partition coefficient (Wildman–Crippen LogP) is 3.43. The molecule has 0 radical (unpaired) electrons. The van der Waals surface area contributed by atoms with Gasteiger partial charge in [-0.1, -0.05) is 42.5 Å². The lowest BCUT2D eigenvalue weighted by Gasteiger charge is -2.35. The Morgan fingerprint density at radius 3 is 2.11 bits per heavy atom. The van der Waals surface area contributed by atoms with Crippen LogP contribution in [0.5, 0.6) is 0 Å². The summed E-state index contributed by atoms with van der Waals surface area (Å²) >= 11 is 0. The fourth-order valence-electron chi connectivity index (χ4n) is 4.56. The van der Waals surface area contributed by atoms with Gasteiger partial charge in [0, 0.05) is 43.1 Å². The van der Waals surface area contributed by atoms with Gasteiger partial charge in [0.25, 0.3) is 5.56 Å². The molecule has 3 aromatic carbocycles. The number of sulfonamides is 1. The van der Waals surface area contributed by atoms with Gasteiger partial charge in [-0.05, 0) is 30.3 Å². The highest BCUT2D eigenvalue weighted by molar-refractivity contribution is 7.89. The molecule has 1 aromatic heterocycles. The van der Waals surface area contributed by atoms with E-state index in [0.29, 0.717) is 5.69 Å². The number of halogens is 2. The number of carbonyl (C=O) groups excluding carboxylic acids is 1.